The monoisotopic (exact) mass is 919 g/mol. The van der Waals surface area contributed by atoms with E-state index in [1.54, 1.807) is 0 Å². The predicted octanol–water partition coefficient (Wildman–Crippen LogP) is -7.14. The van der Waals surface area contributed by atoms with E-state index in [1.807, 2.05) is 0 Å². The van der Waals surface area contributed by atoms with Gasteiger partial charge in [-0.05, 0) is 84.7 Å². The fraction of sp³-hybridized carbons (Fsp3) is 0.737. The first-order valence-corrected chi connectivity index (χ1v) is 21.0. The first-order chi connectivity index (χ1) is 29.9. The minimum atomic E-state index is -1.75. The Kier molecular flexibility index (Phi) is 27.9. The van der Waals surface area contributed by atoms with Crippen LogP contribution in [-0.4, -0.2) is 166 Å². The lowest BCUT2D eigenvalue weighted by molar-refractivity contribution is -0.142. The molecule has 0 aromatic rings. The third-order valence-electron chi connectivity index (χ3n) is 9.59. The van der Waals surface area contributed by atoms with Crippen molar-refractivity contribution in [2.45, 2.75) is 147 Å². The molecule has 0 fully saturated rings. The van der Waals surface area contributed by atoms with Crippen LogP contribution in [0.5, 0.6) is 0 Å². The van der Waals surface area contributed by atoms with E-state index < -0.39 is 139 Å². The van der Waals surface area contributed by atoms with Crippen LogP contribution in [-0.2, 0) is 47.9 Å². The smallest absolute Gasteiger partial charge is 0.325 e. The van der Waals surface area contributed by atoms with E-state index in [4.69, 9.17) is 28.0 Å². The fourth-order valence-corrected chi connectivity index (χ4v) is 5.79. The average Bonchev–Trinajstić information content (AvgIpc) is 3.22. The summed E-state index contributed by atoms with van der Waals surface area (Å²) >= 11 is 0. The number of hydrogen-bond acceptors (Lipinski definition) is 16. The second-order valence-electron chi connectivity index (χ2n) is 15.5. The quantitative estimate of drug-likeness (QED) is 0.0279. The van der Waals surface area contributed by atoms with E-state index in [-0.39, 0.29) is 45.2 Å². The van der Waals surface area contributed by atoms with Gasteiger partial charge >= 0.3 is 5.97 Å². The maximum Gasteiger partial charge on any atom is 0.325 e. The van der Waals surface area contributed by atoms with E-state index in [0.717, 1.165) is 13.8 Å². The van der Waals surface area contributed by atoms with Crippen molar-refractivity contribution in [3.8, 4) is 0 Å². The molecular formula is C38H70N12O14. The van der Waals surface area contributed by atoms with Crippen LogP contribution >= 0.6 is 0 Å². The highest BCUT2D eigenvalue weighted by Crippen LogP contribution is 2.10. The van der Waals surface area contributed by atoms with Crippen LogP contribution in [0, 0.1) is 5.92 Å². The number of nitrogens with two attached hydrogens (primary N) is 4. The average molecular weight is 919 g/mol. The van der Waals surface area contributed by atoms with Crippen LogP contribution in [0.25, 0.3) is 0 Å². The number of primary amides is 1. The van der Waals surface area contributed by atoms with E-state index in [2.05, 4.69) is 42.5 Å². The number of carboxylic acid groups (broad SMARTS) is 1. The number of aliphatic hydroxyl groups is 3. The van der Waals surface area contributed by atoms with Gasteiger partial charge < -0.3 is 85.9 Å². The Labute approximate surface area is 371 Å². The molecule has 9 amide bonds. The van der Waals surface area contributed by atoms with Crippen molar-refractivity contribution in [3.05, 3.63) is 0 Å². The molecule has 0 spiro atoms. The second-order valence-corrected chi connectivity index (χ2v) is 15.5. The highest BCUT2D eigenvalue weighted by molar-refractivity contribution is 5.98. The van der Waals surface area contributed by atoms with Gasteiger partial charge in [-0.25, -0.2) is 0 Å². The van der Waals surface area contributed by atoms with Crippen LogP contribution in [0.2, 0.25) is 0 Å². The van der Waals surface area contributed by atoms with Gasteiger partial charge in [0.2, 0.25) is 53.2 Å². The highest BCUT2D eigenvalue weighted by Gasteiger charge is 2.37. The molecule has 64 heavy (non-hydrogen) atoms. The van der Waals surface area contributed by atoms with E-state index >= 15 is 0 Å². The summed E-state index contributed by atoms with van der Waals surface area (Å²) in [6, 6.07) is -12.0. The van der Waals surface area contributed by atoms with Crippen molar-refractivity contribution >= 4 is 59.1 Å². The van der Waals surface area contributed by atoms with E-state index in [0.29, 0.717) is 19.3 Å². The third-order valence-corrected chi connectivity index (χ3v) is 9.59. The van der Waals surface area contributed by atoms with Crippen molar-refractivity contribution in [2.75, 3.05) is 26.2 Å². The summed E-state index contributed by atoms with van der Waals surface area (Å²) in [6.07, 6.45) is -2.43. The zero-order valence-corrected chi connectivity index (χ0v) is 37.0. The van der Waals surface area contributed by atoms with Crippen molar-refractivity contribution in [3.63, 3.8) is 0 Å². The number of hydrogen-bond donors (Lipinski definition) is 16. The lowest BCUT2D eigenvalue weighted by Gasteiger charge is -2.30. The van der Waals surface area contributed by atoms with Crippen LogP contribution < -0.4 is 65.5 Å². The minimum absolute atomic E-state index is 0.0154. The molecule has 0 radical (unpaired) electrons. The van der Waals surface area contributed by atoms with Crippen LogP contribution in [0.1, 0.15) is 86.0 Å². The molecule has 0 aromatic carbocycles. The molecule has 0 heterocycles. The topological polar surface area (TPSA) is 452 Å². The van der Waals surface area contributed by atoms with Crippen molar-refractivity contribution in [1.82, 2.24) is 42.5 Å². The molecule has 0 rings (SSSR count). The molecule has 0 unspecified atom stereocenters. The molecule has 0 aliphatic heterocycles. The van der Waals surface area contributed by atoms with Gasteiger partial charge in [0.25, 0.3) is 0 Å². The van der Waals surface area contributed by atoms with Crippen molar-refractivity contribution in [1.29, 1.82) is 0 Å². The molecule has 0 saturated heterocycles. The number of carboxylic acids is 1. The number of rotatable bonds is 32. The molecule has 366 valence electrons. The summed E-state index contributed by atoms with van der Waals surface area (Å²) in [5.41, 5.74) is 21.7. The van der Waals surface area contributed by atoms with Gasteiger partial charge in [0, 0.05) is 6.42 Å². The van der Waals surface area contributed by atoms with Gasteiger partial charge in [-0.1, -0.05) is 13.8 Å². The Morgan fingerprint density at radius 3 is 1.27 bits per heavy atom. The van der Waals surface area contributed by atoms with E-state index in [1.165, 1.54) is 20.8 Å². The fourth-order valence-electron chi connectivity index (χ4n) is 5.79. The third kappa shape index (κ3) is 21.7. The number of unbranched alkanes of at least 4 members (excludes halogenated alkanes) is 2. The lowest BCUT2D eigenvalue weighted by atomic mass is 10.0. The molecule has 0 bridgehead atoms. The summed E-state index contributed by atoms with van der Waals surface area (Å²) < 4.78 is 0. The zero-order valence-electron chi connectivity index (χ0n) is 37.0. The first-order valence-electron chi connectivity index (χ1n) is 21.0. The van der Waals surface area contributed by atoms with E-state index in [9.17, 15) is 63.3 Å². The number of carbonyl (C=O) groups is 10. The molecule has 20 N–H and O–H groups in total. The molecular weight excluding hydrogens is 848 g/mol. The summed E-state index contributed by atoms with van der Waals surface area (Å²) in [4.78, 5) is 128. The molecule has 26 heteroatoms. The summed E-state index contributed by atoms with van der Waals surface area (Å²) in [5.74, 6) is -10.6. The summed E-state index contributed by atoms with van der Waals surface area (Å²) in [7, 11) is 0. The molecule has 0 aliphatic carbocycles. The second kappa shape index (κ2) is 30.5. The SMILES string of the molecule is CC(C)[C@H](NC(=O)[C@@H](NC(=O)[C@H](CCC(N)=O)NC(=O)CN)[C@@H](C)O)C(=O)N[C@H](C(=O)N[C@@H](CCCCN)C(=O)N[C@@H](CCCCN)C(=O)N[C@@H](CO)C(=O)N[C@@H](C)C(=O)O)[C@@H](C)O. The number of amides is 9. The normalized spacial score (nSPS) is 15.8. The Morgan fingerprint density at radius 2 is 0.859 bits per heavy atom. The Bertz CT molecular complexity index is 1580. The molecule has 0 saturated carbocycles. The predicted molar refractivity (Wildman–Crippen MR) is 227 cm³/mol. The minimum Gasteiger partial charge on any atom is -0.480 e. The largest absolute Gasteiger partial charge is 0.480 e. The van der Waals surface area contributed by atoms with Gasteiger partial charge in [-0.15, -0.1) is 0 Å². The highest BCUT2D eigenvalue weighted by atomic mass is 16.4. The van der Waals surface area contributed by atoms with Crippen LogP contribution in [0.3, 0.4) is 0 Å². The number of nitrogens with one attached hydrogen (secondary N) is 8. The van der Waals surface area contributed by atoms with Gasteiger partial charge in [0.15, 0.2) is 0 Å². The zero-order chi connectivity index (χ0) is 49.3. The number of carbonyl (C=O) groups excluding carboxylic acids is 9. The van der Waals surface area contributed by atoms with Gasteiger partial charge in [-0.3, -0.25) is 47.9 Å². The van der Waals surface area contributed by atoms with Gasteiger partial charge in [0.05, 0.1) is 25.4 Å². The number of aliphatic carboxylic acids is 1. The maximum atomic E-state index is 13.8. The Balaban J connectivity index is 6.36. The van der Waals surface area contributed by atoms with Gasteiger partial charge in [0.1, 0.15) is 48.3 Å². The van der Waals surface area contributed by atoms with Gasteiger partial charge in [-0.2, -0.15) is 0 Å². The van der Waals surface area contributed by atoms with Crippen LogP contribution in [0.4, 0.5) is 0 Å². The first kappa shape index (κ1) is 58.5. The molecule has 0 aromatic heterocycles. The summed E-state index contributed by atoms with van der Waals surface area (Å²) in [6.45, 7) is 5.54. The standard InChI is InChI=1S/C38H70N12O14/c1-18(2)28(48-37(62)30(21(5)53)49-33(58)24(12-13-26(42)54)44-27(55)16-41)35(60)50-29(20(4)52)36(61)46-23(11-7-9-15-40)31(56)45-22(10-6-8-14-39)32(57)47-25(17-51)34(59)43-19(3)38(63)64/h18-25,28-30,51-53H,6-17,39-41H2,1-5H3,(H2,42,54)(H,43,59)(H,44,55)(H,45,56)(H,46,61)(H,47,57)(H,48,62)(H,49,58)(H,50,60)(H,63,64)/t19-,20+,21+,22-,23-,24-,25-,28-,29-,30-/m0/s1. The molecule has 26 nitrogen and oxygen atoms in total. The maximum absolute atomic E-state index is 13.8. The Morgan fingerprint density at radius 1 is 0.484 bits per heavy atom. The molecule has 10 atom stereocenters. The molecule has 0 aliphatic rings. The summed E-state index contributed by atoms with van der Waals surface area (Å²) in [5, 5.41) is 58.8. The van der Waals surface area contributed by atoms with Crippen molar-refractivity contribution < 1.29 is 68.4 Å². The number of aliphatic hydroxyl groups excluding tert-OH is 3. The van der Waals surface area contributed by atoms with Crippen LogP contribution in [0.15, 0.2) is 0 Å². The Hall–Kier alpha value is -5.54. The lowest BCUT2D eigenvalue weighted by Crippen LogP contribution is -2.63. The van der Waals surface area contributed by atoms with Crippen molar-refractivity contribution in [2.24, 2.45) is 28.9 Å².